The van der Waals surface area contributed by atoms with Crippen LogP contribution in [0, 0.1) is 0 Å². The minimum atomic E-state index is -0.0505. The van der Waals surface area contributed by atoms with E-state index in [2.05, 4.69) is 36.1 Å². The topological polar surface area (TPSA) is 92.3 Å². The minimum Gasteiger partial charge on any atom is -0.359 e. The highest BCUT2D eigenvalue weighted by Gasteiger charge is 2.09. The Labute approximate surface area is 79.9 Å². The second-order valence-electron chi connectivity index (χ2n) is 2.74. The number of nitrogens with one attached hydrogen (secondary N) is 2. The van der Waals surface area contributed by atoms with E-state index in [9.17, 15) is 0 Å². The highest BCUT2D eigenvalue weighted by Crippen LogP contribution is 2.11. The van der Waals surface area contributed by atoms with E-state index in [1.165, 1.54) is 0 Å². The van der Waals surface area contributed by atoms with Crippen molar-refractivity contribution in [2.45, 2.75) is 13.0 Å². The van der Waals surface area contributed by atoms with E-state index in [0.717, 1.165) is 0 Å². The average molecular weight is 191 g/mol. The SMILES string of the molecule is CC(Nc1cccnn1)c1nn[nH]n1. The molecule has 14 heavy (non-hydrogen) atoms. The summed E-state index contributed by atoms with van der Waals surface area (Å²) in [6.07, 6.45) is 1.62. The number of nitrogens with zero attached hydrogens (tertiary/aromatic N) is 5. The van der Waals surface area contributed by atoms with Crippen molar-refractivity contribution in [3.63, 3.8) is 0 Å². The van der Waals surface area contributed by atoms with Gasteiger partial charge in [0, 0.05) is 6.20 Å². The molecular formula is C7H9N7. The van der Waals surface area contributed by atoms with Gasteiger partial charge in [-0.3, -0.25) is 0 Å². The molecule has 0 aromatic carbocycles. The first-order valence-corrected chi connectivity index (χ1v) is 4.14. The fourth-order valence-electron chi connectivity index (χ4n) is 1.02. The Kier molecular flexibility index (Phi) is 2.30. The molecule has 1 unspecified atom stereocenters. The molecule has 0 aliphatic heterocycles. The van der Waals surface area contributed by atoms with Crippen molar-refractivity contribution in [1.29, 1.82) is 0 Å². The van der Waals surface area contributed by atoms with E-state index in [1.54, 1.807) is 12.3 Å². The van der Waals surface area contributed by atoms with E-state index >= 15 is 0 Å². The van der Waals surface area contributed by atoms with Gasteiger partial charge in [-0.05, 0) is 19.1 Å². The van der Waals surface area contributed by atoms with Gasteiger partial charge in [0.05, 0.1) is 6.04 Å². The molecule has 72 valence electrons. The van der Waals surface area contributed by atoms with E-state index in [0.29, 0.717) is 11.6 Å². The molecular weight excluding hydrogens is 182 g/mol. The summed E-state index contributed by atoms with van der Waals surface area (Å²) in [5.74, 6) is 1.28. The molecule has 7 nitrogen and oxygen atoms in total. The van der Waals surface area contributed by atoms with Gasteiger partial charge in [0.1, 0.15) is 5.82 Å². The highest BCUT2D eigenvalue weighted by atomic mass is 15.5. The predicted molar refractivity (Wildman–Crippen MR) is 48.2 cm³/mol. The Morgan fingerprint density at radius 2 is 2.36 bits per heavy atom. The summed E-state index contributed by atoms with van der Waals surface area (Å²) in [5.41, 5.74) is 0. The molecule has 1 atom stereocenters. The summed E-state index contributed by atoms with van der Waals surface area (Å²) in [5, 5.41) is 24.3. The molecule has 2 aromatic heterocycles. The Morgan fingerprint density at radius 3 is 3.00 bits per heavy atom. The Hall–Kier alpha value is -2.05. The maximum Gasteiger partial charge on any atom is 0.196 e. The van der Waals surface area contributed by atoms with Crippen LogP contribution in [0.1, 0.15) is 18.8 Å². The average Bonchev–Trinajstić information content (AvgIpc) is 2.72. The summed E-state index contributed by atoms with van der Waals surface area (Å²) >= 11 is 0. The highest BCUT2D eigenvalue weighted by molar-refractivity contribution is 5.33. The molecule has 2 rings (SSSR count). The third-order valence-corrected chi connectivity index (χ3v) is 1.69. The van der Waals surface area contributed by atoms with Crippen LogP contribution in [0.15, 0.2) is 18.3 Å². The zero-order valence-corrected chi connectivity index (χ0v) is 7.55. The van der Waals surface area contributed by atoms with Crippen LogP contribution in [-0.2, 0) is 0 Å². The molecule has 2 heterocycles. The van der Waals surface area contributed by atoms with Crippen LogP contribution in [0.2, 0.25) is 0 Å². The van der Waals surface area contributed by atoms with Crippen LogP contribution in [-0.4, -0.2) is 30.8 Å². The number of H-pyrrole nitrogens is 1. The van der Waals surface area contributed by atoms with Crippen LogP contribution >= 0.6 is 0 Å². The molecule has 0 bridgehead atoms. The number of rotatable bonds is 3. The molecule has 0 spiro atoms. The summed E-state index contributed by atoms with van der Waals surface area (Å²) < 4.78 is 0. The number of aromatic amines is 1. The molecule has 0 aliphatic carbocycles. The van der Waals surface area contributed by atoms with Gasteiger partial charge in [0.15, 0.2) is 5.82 Å². The van der Waals surface area contributed by atoms with Crippen molar-refractivity contribution in [1.82, 2.24) is 30.8 Å². The Morgan fingerprint density at radius 1 is 1.43 bits per heavy atom. The summed E-state index contributed by atoms with van der Waals surface area (Å²) in [4.78, 5) is 0. The van der Waals surface area contributed by atoms with Gasteiger partial charge in [0.25, 0.3) is 0 Å². The van der Waals surface area contributed by atoms with Gasteiger partial charge in [-0.1, -0.05) is 5.21 Å². The van der Waals surface area contributed by atoms with Crippen molar-refractivity contribution in [2.24, 2.45) is 0 Å². The molecule has 0 radical (unpaired) electrons. The van der Waals surface area contributed by atoms with Crippen molar-refractivity contribution in [3.8, 4) is 0 Å². The third-order valence-electron chi connectivity index (χ3n) is 1.69. The van der Waals surface area contributed by atoms with E-state index in [4.69, 9.17) is 0 Å². The maximum absolute atomic E-state index is 3.88. The monoisotopic (exact) mass is 191 g/mol. The number of hydrogen-bond donors (Lipinski definition) is 2. The van der Waals surface area contributed by atoms with Crippen LogP contribution < -0.4 is 5.32 Å². The van der Waals surface area contributed by atoms with Crippen LogP contribution in [0.5, 0.6) is 0 Å². The lowest BCUT2D eigenvalue weighted by Gasteiger charge is -2.08. The third kappa shape index (κ3) is 1.82. The minimum absolute atomic E-state index is 0.0505. The molecule has 0 fully saturated rings. The smallest absolute Gasteiger partial charge is 0.196 e. The molecule has 2 aromatic rings. The van der Waals surface area contributed by atoms with Gasteiger partial charge in [-0.15, -0.1) is 15.3 Å². The van der Waals surface area contributed by atoms with Gasteiger partial charge in [-0.25, -0.2) is 0 Å². The van der Waals surface area contributed by atoms with Crippen molar-refractivity contribution < 1.29 is 0 Å². The number of anilines is 1. The molecule has 0 saturated carbocycles. The van der Waals surface area contributed by atoms with E-state index in [-0.39, 0.29) is 6.04 Å². The van der Waals surface area contributed by atoms with Crippen molar-refractivity contribution in [3.05, 3.63) is 24.2 Å². The quantitative estimate of drug-likeness (QED) is 0.718. The zero-order chi connectivity index (χ0) is 9.80. The van der Waals surface area contributed by atoms with E-state index in [1.807, 2.05) is 13.0 Å². The first-order chi connectivity index (χ1) is 6.86. The van der Waals surface area contributed by atoms with Crippen molar-refractivity contribution >= 4 is 5.82 Å². The second-order valence-corrected chi connectivity index (χ2v) is 2.74. The summed E-state index contributed by atoms with van der Waals surface area (Å²) in [6, 6.07) is 3.58. The number of hydrogen-bond acceptors (Lipinski definition) is 6. The van der Waals surface area contributed by atoms with Gasteiger partial charge < -0.3 is 5.32 Å². The Bertz CT molecular complexity index is 370. The number of aromatic nitrogens is 6. The second kappa shape index (κ2) is 3.77. The lowest BCUT2D eigenvalue weighted by Crippen LogP contribution is -2.09. The van der Waals surface area contributed by atoms with Crippen LogP contribution in [0.3, 0.4) is 0 Å². The fourth-order valence-corrected chi connectivity index (χ4v) is 1.02. The largest absolute Gasteiger partial charge is 0.359 e. The van der Waals surface area contributed by atoms with Gasteiger partial charge >= 0.3 is 0 Å². The number of tetrazole rings is 1. The lowest BCUT2D eigenvalue weighted by molar-refractivity contribution is 0.782. The normalized spacial score (nSPS) is 12.4. The maximum atomic E-state index is 3.88. The van der Waals surface area contributed by atoms with Gasteiger partial charge in [0.2, 0.25) is 0 Å². The summed E-state index contributed by atoms with van der Waals surface area (Å²) in [6.45, 7) is 1.92. The Balaban J connectivity index is 2.06. The van der Waals surface area contributed by atoms with Crippen LogP contribution in [0.25, 0.3) is 0 Å². The molecule has 2 N–H and O–H groups in total. The molecule has 0 amide bonds. The first-order valence-electron chi connectivity index (χ1n) is 4.14. The molecule has 0 aliphatic rings. The predicted octanol–water partition coefficient (Wildman–Crippen LogP) is 0.163. The zero-order valence-electron chi connectivity index (χ0n) is 7.55. The van der Waals surface area contributed by atoms with E-state index < -0.39 is 0 Å². The van der Waals surface area contributed by atoms with Crippen LogP contribution in [0.4, 0.5) is 5.82 Å². The van der Waals surface area contributed by atoms with Gasteiger partial charge in [-0.2, -0.15) is 10.3 Å². The standard InChI is InChI=1S/C7H9N7/c1-5(7-11-13-14-12-7)9-6-3-2-4-8-10-6/h2-5H,1H3,(H,9,10)(H,11,12,13,14). The van der Waals surface area contributed by atoms with Crippen molar-refractivity contribution in [2.75, 3.05) is 5.32 Å². The fraction of sp³-hybridized carbons (Fsp3) is 0.286. The lowest BCUT2D eigenvalue weighted by atomic mass is 10.3. The molecule has 7 heteroatoms. The molecule has 0 saturated heterocycles. The summed E-state index contributed by atoms with van der Waals surface area (Å²) in [7, 11) is 0. The first kappa shape index (κ1) is 8.54.